The summed E-state index contributed by atoms with van der Waals surface area (Å²) in [6, 6.07) is 9.61. The first-order chi connectivity index (χ1) is 19.0. The Hall–Kier alpha value is -2.49. The predicted octanol–water partition coefficient (Wildman–Crippen LogP) is 6.03. The normalized spacial score (nSPS) is 23.2. The van der Waals surface area contributed by atoms with Crippen LogP contribution < -0.4 is 0 Å². The second kappa shape index (κ2) is 13.0. The summed E-state index contributed by atoms with van der Waals surface area (Å²) < 4.78 is 57.5. The highest BCUT2D eigenvalue weighted by atomic mass is 19.4. The average Bonchev–Trinajstić information content (AvgIpc) is 3.40. The van der Waals surface area contributed by atoms with Gasteiger partial charge in [-0.05, 0) is 95.7 Å². The molecule has 1 N–H and O–H groups in total. The van der Waals surface area contributed by atoms with Gasteiger partial charge < -0.3 is 14.9 Å². The molecule has 0 aromatic heterocycles. The zero-order chi connectivity index (χ0) is 29.0. The number of likely N-dealkylation sites (tertiary alicyclic amines) is 2. The molecule has 2 aliphatic rings. The van der Waals surface area contributed by atoms with E-state index in [0.717, 1.165) is 25.8 Å². The van der Waals surface area contributed by atoms with E-state index >= 15 is 0 Å². The second-order valence-corrected chi connectivity index (χ2v) is 11.4. The van der Waals surface area contributed by atoms with Gasteiger partial charge in [-0.2, -0.15) is 13.2 Å². The number of hydrogen-bond donors (Lipinski definition) is 1. The van der Waals surface area contributed by atoms with E-state index in [1.54, 1.807) is 31.2 Å². The van der Waals surface area contributed by atoms with Gasteiger partial charge in [0.25, 0.3) is 0 Å². The number of unbranched alkanes of at least 4 members (excludes halogenated alkanes) is 2. The summed E-state index contributed by atoms with van der Waals surface area (Å²) >= 11 is 0. The number of alkyl halides is 3. The molecule has 1 radical (unpaired) electrons. The predicted molar refractivity (Wildman–Crippen MR) is 148 cm³/mol. The fourth-order valence-electron chi connectivity index (χ4n) is 6.30. The lowest BCUT2D eigenvalue weighted by molar-refractivity contribution is -0.177. The summed E-state index contributed by atoms with van der Waals surface area (Å²) in [6.45, 7) is 4.12. The number of phenols is 1. The number of piperidine rings is 1. The van der Waals surface area contributed by atoms with E-state index in [9.17, 15) is 27.5 Å². The van der Waals surface area contributed by atoms with Crippen molar-refractivity contribution in [3.8, 4) is 5.75 Å². The molecule has 5 nitrogen and oxygen atoms in total. The summed E-state index contributed by atoms with van der Waals surface area (Å²) in [5.74, 6) is -2.21. The lowest BCUT2D eigenvalue weighted by atomic mass is 9.72. The first-order valence-corrected chi connectivity index (χ1v) is 14.1. The number of benzene rings is 2. The van der Waals surface area contributed by atoms with Crippen molar-refractivity contribution in [3.05, 3.63) is 71.0 Å². The van der Waals surface area contributed by atoms with Crippen molar-refractivity contribution in [2.45, 2.75) is 57.2 Å². The molecule has 2 fully saturated rings. The van der Waals surface area contributed by atoms with Gasteiger partial charge in [0, 0.05) is 30.5 Å². The van der Waals surface area contributed by atoms with E-state index in [1.807, 2.05) is 14.1 Å². The highest BCUT2D eigenvalue weighted by molar-refractivity contribution is 5.99. The van der Waals surface area contributed by atoms with Crippen LogP contribution in [0.3, 0.4) is 0 Å². The van der Waals surface area contributed by atoms with Gasteiger partial charge in [-0.3, -0.25) is 9.69 Å². The van der Waals surface area contributed by atoms with Gasteiger partial charge in [-0.1, -0.05) is 30.7 Å². The van der Waals surface area contributed by atoms with E-state index in [4.69, 9.17) is 0 Å². The highest BCUT2D eigenvalue weighted by Crippen LogP contribution is 2.47. The van der Waals surface area contributed by atoms with Gasteiger partial charge in [0.15, 0.2) is 5.78 Å². The molecule has 0 unspecified atom stereocenters. The molecule has 0 spiro atoms. The number of aromatic hydroxyl groups is 1. The van der Waals surface area contributed by atoms with Crippen LogP contribution in [0.25, 0.3) is 0 Å². The molecule has 2 saturated heterocycles. The molecule has 0 aliphatic carbocycles. The van der Waals surface area contributed by atoms with E-state index in [2.05, 4.69) is 9.80 Å². The molecule has 2 aromatic rings. The maximum atomic E-state index is 14.8. The third-order valence-corrected chi connectivity index (χ3v) is 8.29. The van der Waals surface area contributed by atoms with Crippen LogP contribution in [0, 0.1) is 24.7 Å². The molecular weight excluding hydrogens is 522 g/mol. The lowest BCUT2D eigenvalue weighted by Gasteiger charge is -2.48. The van der Waals surface area contributed by atoms with Crippen LogP contribution in [0.15, 0.2) is 42.5 Å². The zero-order valence-electron chi connectivity index (χ0n) is 23.6. The first kappa shape index (κ1) is 30.5. The van der Waals surface area contributed by atoms with Gasteiger partial charge >= 0.3 is 6.18 Å². The quantitative estimate of drug-likeness (QED) is 0.218. The molecule has 3 atom stereocenters. The van der Waals surface area contributed by atoms with Gasteiger partial charge in [0.05, 0.1) is 6.04 Å². The Kier molecular flexibility index (Phi) is 9.90. The van der Waals surface area contributed by atoms with Crippen LogP contribution in [0.2, 0.25) is 0 Å². The van der Waals surface area contributed by atoms with Crippen molar-refractivity contribution in [2.75, 3.05) is 46.8 Å². The van der Waals surface area contributed by atoms with Crippen LogP contribution in [-0.2, 0) is 0 Å². The molecule has 219 valence electrons. The van der Waals surface area contributed by atoms with Gasteiger partial charge in [-0.15, -0.1) is 0 Å². The van der Waals surface area contributed by atoms with Crippen LogP contribution in [-0.4, -0.2) is 84.6 Å². The van der Waals surface area contributed by atoms with Crippen molar-refractivity contribution in [2.24, 2.45) is 5.92 Å². The Labute approximate surface area is 234 Å². The molecule has 0 saturated carbocycles. The van der Waals surface area contributed by atoms with Crippen molar-refractivity contribution in [1.29, 1.82) is 0 Å². The first-order valence-electron chi connectivity index (χ1n) is 14.1. The minimum Gasteiger partial charge on any atom is -0.508 e. The molecule has 2 heterocycles. The Bertz CT molecular complexity index is 1160. The maximum absolute atomic E-state index is 14.8. The summed E-state index contributed by atoms with van der Waals surface area (Å²) in [7, 11) is 4.04. The second-order valence-electron chi connectivity index (χ2n) is 11.4. The number of nitrogens with zero attached hydrogens (tertiary/aromatic N) is 3. The maximum Gasteiger partial charge on any atom is 0.404 e. The summed E-state index contributed by atoms with van der Waals surface area (Å²) in [6.07, 6.45) is -1.17. The van der Waals surface area contributed by atoms with Crippen LogP contribution >= 0.6 is 0 Å². The number of rotatable bonds is 10. The molecule has 4 rings (SSSR count). The highest BCUT2D eigenvalue weighted by Gasteiger charge is 2.53. The van der Waals surface area contributed by atoms with E-state index in [1.165, 1.54) is 23.1 Å². The molecule has 40 heavy (non-hydrogen) atoms. The molecule has 0 amide bonds. The fourth-order valence-corrected chi connectivity index (χ4v) is 6.30. The van der Waals surface area contributed by atoms with Crippen LogP contribution in [0.5, 0.6) is 5.75 Å². The number of Topliss-reactive ketones (excluding diaryl/α,β-unsaturated/α-hetero) is 1. The van der Waals surface area contributed by atoms with E-state index in [-0.39, 0.29) is 24.5 Å². The third-order valence-electron chi connectivity index (χ3n) is 8.29. The molecular formula is C31H40F4N3O2. The van der Waals surface area contributed by atoms with Crippen molar-refractivity contribution >= 4 is 5.78 Å². The summed E-state index contributed by atoms with van der Waals surface area (Å²) in [5, 5.41) is 10.1. The van der Waals surface area contributed by atoms with Crippen molar-refractivity contribution in [1.82, 2.24) is 14.7 Å². The number of ketones is 1. The average molecular weight is 563 g/mol. The van der Waals surface area contributed by atoms with Crippen molar-refractivity contribution in [3.63, 3.8) is 0 Å². The van der Waals surface area contributed by atoms with E-state index in [0.29, 0.717) is 48.8 Å². The van der Waals surface area contributed by atoms with Crippen LogP contribution in [0.1, 0.15) is 59.5 Å². The molecule has 2 aliphatic heterocycles. The summed E-state index contributed by atoms with van der Waals surface area (Å²) in [5.41, 5.74) is 1.19. The number of carbonyl (C=O) groups is 1. The fraction of sp³-hybridized carbons (Fsp3) is 0.548. The summed E-state index contributed by atoms with van der Waals surface area (Å²) in [4.78, 5) is 19.7. The lowest BCUT2D eigenvalue weighted by Crippen LogP contribution is -2.55. The minimum absolute atomic E-state index is 0.00242. The smallest absolute Gasteiger partial charge is 0.404 e. The molecule has 0 bridgehead atoms. The SMILES string of the molecule is Cc1c(F)cccc1[C@@H]1[C](N2CCC[C@H]2C(F)(F)F)CN(CCCCCN(C)C)C[C@@H]1C(=O)c1cccc(O)c1. The zero-order valence-corrected chi connectivity index (χ0v) is 23.6. The van der Waals surface area contributed by atoms with Crippen molar-refractivity contribution < 1.29 is 27.5 Å². The standard InChI is InChI=1S/C31H40F4N3O2/c1-21-24(12-8-13-26(21)32)29-25(30(40)22-10-7-11-23(39)18-22)19-37(16-6-4-5-15-36(2)3)20-27(29)38-17-9-14-28(38)31(33,34)35/h7-8,10-13,18,25,28-29,39H,4-6,9,14-17,19-20H2,1-3H3/t25-,28-,29-/m0/s1. The Morgan fingerprint density at radius 2 is 1.85 bits per heavy atom. The third kappa shape index (κ3) is 7.04. The number of phenolic OH excluding ortho intramolecular Hbond substituents is 1. The molecule has 2 aromatic carbocycles. The van der Waals surface area contributed by atoms with E-state index < -0.39 is 29.9 Å². The number of halogens is 4. The minimum atomic E-state index is -4.41. The van der Waals surface area contributed by atoms with Gasteiger partial charge in [0.2, 0.25) is 0 Å². The molecule has 9 heteroatoms. The Morgan fingerprint density at radius 3 is 2.55 bits per heavy atom. The Morgan fingerprint density at radius 1 is 1.10 bits per heavy atom. The van der Waals surface area contributed by atoms with Crippen LogP contribution in [0.4, 0.5) is 17.6 Å². The Balaban J connectivity index is 1.74. The topological polar surface area (TPSA) is 47.0 Å². The van der Waals surface area contributed by atoms with Gasteiger partial charge in [-0.25, -0.2) is 4.39 Å². The number of carbonyl (C=O) groups excluding carboxylic acids is 1. The largest absolute Gasteiger partial charge is 0.508 e. The monoisotopic (exact) mass is 562 g/mol. The number of hydrogen-bond acceptors (Lipinski definition) is 5. The van der Waals surface area contributed by atoms with Gasteiger partial charge in [0.1, 0.15) is 17.6 Å².